The van der Waals surface area contributed by atoms with Gasteiger partial charge in [0, 0.05) is 38.9 Å². The van der Waals surface area contributed by atoms with Crippen molar-refractivity contribution in [1.29, 1.82) is 0 Å². The van der Waals surface area contributed by atoms with Crippen LogP contribution in [0.4, 0.5) is 5.69 Å². The molecule has 0 spiro atoms. The van der Waals surface area contributed by atoms with Gasteiger partial charge < -0.3 is 10.2 Å². The first-order chi connectivity index (χ1) is 12.2. The molecule has 0 radical (unpaired) electrons. The number of nitrogens with zero attached hydrogens (tertiary/aromatic N) is 3. The van der Waals surface area contributed by atoms with Crippen molar-refractivity contribution < 1.29 is 4.79 Å². The Balaban J connectivity index is 1.37. The highest BCUT2D eigenvalue weighted by atomic mass is 16.2. The molecule has 1 aromatic carbocycles. The maximum atomic E-state index is 12.8. The standard InChI is InChI=1S/C18H24N6O/c1-23-12-15(9-20-23)24-8-7-14(11-24)21-18(25)16-10-19-22-17(16)13-5-3-2-4-6-13/h2-6,9,12,14,16-17,19,22H,7-8,10-11H2,1H3,(H,21,25). The lowest BCUT2D eigenvalue weighted by Gasteiger charge is -2.21. The Morgan fingerprint density at radius 3 is 2.92 bits per heavy atom. The normalized spacial score (nSPS) is 26.1. The summed E-state index contributed by atoms with van der Waals surface area (Å²) in [5.74, 6) is 0.0132. The number of amides is 1. The van der Waals surface area contributed by atoms with Gasteiger partial charge in [0.1, 0.15) is 0 Å². The van der Waals surface area contributed by atoms with Crippen molar-refractivity contribution in [2.45, 2.75) is 18.5 Å². The Hall–Kier alpha value is -2.38. The number of carbonyl (C=O) groups excluding carboxylic acids is 1. The first-order valence-electron chi connectivity index (χ1n) is 8.78. The van der Waals surface area contributed by atoms with Crippen molar-refractivity contribution in [3.8, 4) is 0 Å². The zero-order chi connectivity index (χ0) is 17.2. The summed E-state index contributed by atoms with van der Waals surface area (Å²) in [6.45, 7) is 2.42. The Kier molecular flexibility index (Phi) is 4.42. The number of rotatable bonds is 4. The van der Waals surface area contributed by atoms with E-state index >= 15 is 0 Å². The molecule has 132 valence electrons. The van der Waals surface area contributed by atoms with E-state index in [1.807, 2.05) is 42.3 Å². The first-order valence-corrected chi connectivity index (χ1v) is 8.78. The summed E-state index contributed by atoms with van der Waals surface area (Å²) in [4.78, 5) is 15.1. The Morgan fingerprint density at radius 2 is 2.16 bits per heavy atom. The molecule has 0 aliphatic carbocycles. The van der Waals surface area contributed by atoms with Gasteiger partial charge in [0.05, 0.1) is 23.8 Å². The van der Waals surface area contributed by atoms with Gasteiger partial charge in [-0.3, -0.25) is 14.9 Å². The SMILES string of the molecule is Cn1cc(N2CCC(NC(=O)C3CNNC3c3ccccc3)C2)cn1. The van der Waals surface area contributed by atoms with E-state index in [2.05, 4.69) is 38.3 Å². The van der Waals surface area contributed by atoms with Crippen molar-refractivity contribution in [1.82, 2.24) is 25.9 Å². The zero-order valence-electron chi connectivity index (χ0n) is 14.4. The fraction of sp³-hybridized carbons (Fsp3) is 0.444. The van der Waals surface area contributed by atoms with E-state index in [0.29, 0.717) is 6.54 Å². The lowest BCUT2D eigenvalue weighted by Crippen LogP contribution is -2.42. The van der Waals surface area contributed by atoms with Gasteiger partial charge in [-0.15, -0.1) is 0 Å². The maximum Gasteiger partial charge on any atom is 0.226 e. The molecule has 3 heterocycles. The molecule has 4 rings (SSSR count). The van der Waals surface area contributed by atoms with Gasteiger partial charge in [0.15, 0.2) is 0 Å². The van der Waals surface area contributed by atoms with Gasteiger partial charge in [-0.1, -0.05) is 30.3 Å². The maximum absolute atomic E-state index is 12.8. The van der Waals surface area contributed by atoms with Crippen molar-refractivity contribution in [2.24, 2.45) is 13.0 Å². The highest BCUT2D eigenvalue weighted by Gasteiger charge is 2.35. The fourth-order valence-electron chi connectivity index (χ4n) is 3.71. The van der Waals surface area contributed by atoms with Crippen LogP contribution in [0.3, 0.4) is 0 Å². The molecule has 7 heteroatoms. The third-order valence-electron chi connectivity index (χ3n) is 5.07. The van der Waals surface area contributed by atoms with Crippen LogP contribution in [0.15, 0.2) is 42.7 Å². The number of hydrogen-bond acceptors (Lipinski definition) is 5. The Morgan fingerprint density at radius 1 is 1.32 bits per heavy atom. The van der Waals surface area contributed by atoms with Crippen LogP contribution in [-0.4, -0.2) is 41.4 Å². The van der Waals surface area contributed by atoms with Crippen LogP contribution in [0.1, 0.15) is 18.0 Å². The topological polar surface area (TPSA) is 74.2 Å². The molecule has 3 N–H and O–H groups in total. The third kappa shape index (κ3) is 3.38. The molecule has 2 fully saturated rings. The molecule has 2 aliphatic heterocycles. The third-order valence-corrected chi connectivity index (χ3v) is 5.07. The average molecular weight is 340 g/mol. The molecule has 3 atom stereocenters. The molecule has 25 heavy (non-hydrogen) atoms. The quantitative estimate of drug-likeness (QED) is 0.759. The number of aromatic nitrogens is 2. The minimum atomic E-state index is -0.102. The van der Waals surface area contributed by atoms with Crippen LogP contribution in [0, 0.1) is 5.92 Å². The van der Waals surface area contributed by atoms with Crippen LogP contribution >= 0.6 is 0 Å². The van der Waals surface area contributed by atoms with Crippen LogP contribution in [-0.2, 0) is 11.8 Å². The number of carbonyl (C=O) groups is 1. The van der Waals surface area contributed by atoms with Crippen molar-refractivity contribution >= 4 is 11.6 Å². The molecule has 0 saturated carbocycles. The number of nitrogens with one attached hydrogen (secondary N) is 3. The van der Waals surface area contributed by atoms with E-state index in [0.717, 1.165) is 30.8 Å². The minimum Gasteiger partial charge on any atom is -0.367 e. The molecular formula is C18H24N6O. The van der Waals surface area contributed by atoms with Gasteiger partial charge in [0.25, 0.3) is 0 Å². The molecule has 2 aromatic rings. The van der Waals surface area contributed by atoms with Crippen LogP contribution in [0.5, 0.6) is 0 Å². The van der Waals surface area contributed by atoms with Gasteiger partial charge in [-0.05, 0) is 12.0 Å². The number of benzene rings is 1. The van der Waals surface area contributed by atoms with E-state index in [4.69, 9.17) is 0 Å². The predicted molar refractivity (Wildman–Crippen MR) is 95.8 cm³/mol. The van der Waals surface area contributed by atoms with E-state index in [-0.39, 0.29) is 23.9 Å². The number of hydrogen-bond donors (Lipinski definition) is 3. The van der Waals surface area contributed by atoms with E-state index in [1.54, 1.807) is 0 Å². The van der Waals surface area contributed by atoms with Gasteiger partial charge in [0.2, 0.25) is 5.91 Å². The van der Waals surface area contributed by atoms with Gasteiger partial charge in [-0.25, -0.2) is 5.43 Å². The first kappa shape index (κ1) is 16.1. The second-order valence-electron chi connectivity index (χ2n) is 6.83. The van der Waals surface area contributed by atoms with Crippen LogP contribution in [0.25, 0.3) is 0 Å². The zero-order valence-corrected chi connectivity index (χ0v) is 14.4. The van der Waals surface area contributed by atoms with E-state index < -0.39 is 0 Å². The summed E-state index contributed by atoms with van der Waals surface area (Å²) in [5.41, 5.74) is 8.62. The minimum absolute atomic E-state index is 0.0111. The summed E-state index contributed by atoms with van der Waals surface area (Å²) in [7, 11) is 1.92. The molecule has 1 amide bonds. The summed E-state index contributed by atoms with van der Waals surface area (Å²) in [6, 6.07) is 10.3. The molecule has 7 nitrogen and oxygen atoms in total. The number of anilines is 1. The summed E-state index contributed by atoms with van der Waals surface area (Å²) >= 11 is 0. The molecule has 3 unspecified atom stereocenters. The van der Waals surface area contributed by atoms with E-state index in [9.17, 15) is 4.79 Å². The van der Waals surface area contributed by atoms with Crippen molar-refractivity contribution in [3.05, 3.63) is 48.3 Å². The molecule has 2 aliphatic rings. The van der Waals surface area contributed by atoms with Crippen LogP contribution in [0.2, 0.25) is 0 Å². The second kappa shape index (κ2) is 6.85. The largest absolute Gasteiger partial charge is 0.367 e. The van der Waals surface area contributed by atoms with E-state index in [1.165, 1.54) is 0 Å². The molecule has 1 aromatic heterocycles. The lowest BCUT2D eigenvalue weighted by atomic mass is 9.94. The summed E-state index contributed by atoms with van der Waals surface area (Å²) < 4.78 is 1.81. The lowest BCUT2D eigenvalue weighted by molar-refractivity contribution is -0.125. The average Bonchev–Trinajstić information content (AvgIpc) is 3.35. The van der Waals surface area contributed by atoms with Crippen molar-refractivity contribution in [3.63, 3.8) is 0 Å². The van der Waals surface area contributed by atoms with Crippen molar-refractivity contribution in [2.75, 3.05) is 24.5 Å². The van der Waals surface area contributed by atoms with Crippen LogP contribution < -0.4 is 21.1 Å². The number of hydrazine groups is 1. The Labute approximate surface area is 147 Å². The second-order valence-corrected chi connectivity index (χ2v) is 6.83. The highest BCUT2D eigenvalue weighted by Crippen LogP contribution is 2.26. The summed E-state index contributed by atoms with van der Waals surface area (Å²) in [6.07, 6.45) is 4.85. The van der Waals surface area contributed by atoms with Gasteiger partial charge in [-0.2, -0.15) is 5.10 Å². The smallest absolute Gasteiger partial charge is 0.226 e. The highest BCUT2D eigenvalue weighted by molar-refractivity contribution is 5.80. The van der Waals surface area contributed by atoms with Gasteiger partial charge >= 0.3 is 0 Å². The monoisotopic (exact) mass is 340 g/mol. The number of aryl methyl sites for hydroxylation is 1. The predicted octanol–water partition coefficient (Wildman–Crippen LogP) is 0.580. The Bertz CT molecular complexity index is 730. The molecular weight excluding hydrogens is 316 g/mol. The summed E-state index contributed by atoms with van der Waals surface area (Å²) in [5, 5.41) is 7.46. The fourth-order valence-corrected chi connectivity index (χ4v) is 3.71. The molecule has 0 bridgehead atoms. The molecule has 2 saturated heterocycles.